The van der Waals surface area contributed by atoms with Crippen LogP contribution < -0.4 is 14.7 Å². The molecule has 0 spiro atoms. The van der Waals surface area contributed by atoms with Crippen LogP contribution in [0.5, 0.6) is 5.75 Å². The Kier molecular flexibility index (Phi) is 8.26. The van der Waals surface area contributed by atoms with E-state index >= 15 is 0 Å². The number of nitrogens with zero attached hydrogens (tertiary/aromatic N) is 4. The summed E-state index contributed by atoms with van der Waals surface area (Å²) < 4.78 is 16.7. The highest BCUT2D eigenvalue weighted by Crippen LogP contribution is 2.43. The van der Waals surface area contributed by atoms with Gasteiger partial charge in [0, 0.05) is 49.9 Å². The fourth-order valence-electron chi connectivity index (χ4n) is 3.96. The van der Waals surface area contributed by atoms with Crippen molar-refractivity contribution >= 4 is 42.5 Å². The Morgan fingerprint density at radius 3 is 2.68 bits per heavy atom. The summed E-state index contributed by atoms with van der Waals surface area (Å²) in [5, 5.41) is 3.38. The highest BCUT2D eigenvalue weighted by molar-refractivity contribution is 7.46. The zero-order valence-electron chi connectivity index (χ0n) is 20.2. The Morgan fingerprint density at radius 1 is 1.22 bits per heavy atom. The number of phosphoric ester groups is 1. The largest absolute Gasteiger partial charge is 0.524 e. The number of nitrogens with one attached hydrogen (secondary N) is 1. The molecule has 0 bridgehead atoms. The van der Waals surface area contributed by atoms with Crippen LogP contribution in [0.4, 0.5) is 17.3 Å². The number of anilines is 3. The van der Waals surface area contributed by atoms with Crippen LogP contribution in [-0.4, -0.2) is 63.7 Å². The summed E-state index contributed by atoms with van der Waals surface area (Å²) in [6.07, 6.45) is 2.96. The molecule has 1 aliphatic rings. The summed E-state index contributed by atoms with van der Waals surface area (Å²) in [6, 6.07) is 12.3. The lowest BCUT2D eigenvalue weighted by Gasteiger charge is -2.35. The molecule has 0 unspecified atom stereocenters. The first-order chi connectivity index (χ1) is 17.6. The van der Waals surface area contributed by atoms with Crippen molar-refractivity contribution in [3.63, 3.8) is 0 Å². The number of allylic oxidation sites excluding steroid dienone is 1. The monoisotopic (exact) mass is 543 g/mol. The zero-order chi connectivity index (χ0) is 26.6. The maximum atomic E-state index is 11.8. The Labute approximate surface area is 219 Å². The number of piperazine rings is 1. The fourth-order valence-corrected chi connectivity index (χ4v) is 4.57. The Balaban J connectivity index is 1.62. The van der Waals surface area contributed by atoms with Crippen LogP contribution in [0.3, 0.4) is 0 Å². The van der Waals surface area contributed by atoms with Crippen LogP contribution in [-0.2, 0) is 15.8 Å². The van der Waals surface area contributed by atoms with Crippen LogP contribution in [0.25, 0.3) is 11.3 Å². The van der Waals surface area contributed by atoms with Gasteiger partial charge in [0.2, 0.25) is 5.95 Å². The SMILES string of the molecule is C=CC(=O)Cc1cccc(-c2nc(Nc3ccc(N4CCN(C)CC4)c(OP(=O)(O)O)c3)ncc2Cl)c1. The third kappa shape index (κ3) is 7.15. The second-order valence-electron chi connectivity index (χ2n) is 8.62. The smallest absolute Gasteiger partial charge is 0.402 e. The number of carbonyl (C=O) groups is 1. The number of hydrogen-bond donors (Lipinski definition) is 3. The highest BCUT2D eigenvalue weighted by Gasteiger charge is 2.24. The van der Waals surface area contributed by atoms with Crippen molar-refractivity contribution in [2.45, 2.75) is 6.42 Å². The Bertz CT molecular complexity index is 1360. The van der Waals surface area contributed by atoms with Crippen molar-refractivity contribution in [1.82, 2.24) is 14.9 Å². The second kappa shape index (κ2) is 11.4. The molecular formula is C25H27ClN5O5P. The van der Waals surface area contributed by atoms with Gasteiger partial charge >= 0.3 is 7.82 Å². The predicted molar refractivity (Wildman–Crippen MR) is 143 cm³/mol. The first-order valence-corrected chi connectivity index (χ1v) is 13.4. The Morgan fingerprint density at radius 2 is 1.97 bits per heavy atom. The van der Waals surface area contributed by atoms with Crippen LogP contribution in [0.2, 0.25) is 5.02 Å². The average molecular weight is 544 g/mol. The van der Waals surface area contributed by atoms with E-state index in [1.807, 2.05) is 36.2 Å². The molecule has 3 N–H and O–H groups in total. The Hall–Kier alpha value is -3.27. The van der Waals surface area contributed by atoms with Crippen LogP contribution in [0, 0.1) is 0 Å². The number of hydrogen-bond acceptors (Lipinski definition) is 8. The molecule has 0 saturated carbocycles. The molecule has 0 aliphatic carbocycles. The maximum absolute atomic E-state index is 11.8. The number of aromatic nitrogens is 2. The number of ketones is 1. The minimum atomic E-state index is -4.80. The lowest BCUT2D eigenvalue weighted by atomic mass is 10.0. The van der Waals surface area contributed by atoms with Crippen molar-refractivity contribution in [1.29, 1.82) is 0 Å². The maximum Gasteiger partial charge on any atom is 0.524 e. The van der Waals surface area contributed by atoms with E-state index in [9.17, 15) is 19.1 Å². The van der Waals surface area contributed by atoms with Gasteiger partial charge in [-0.05, 0) is 36.9 Å². The average Bonchev–Trinajstić information content (AvgIpc) is 2.85. The molecule has 1 saturated heterocycles. The van der Waals surface area contributed by atoms with E-state index in [0.717, 1.165) is 18.7 Å². The highest BCUT2D eigenvalue weighted by atomic mass is 35.5. The minimum absolute atomic E-state index is 0.0525. The third-order valence-electron chi connectivity index (χ3n) is 5.83. The molecule has 2 heterocycles. The van der Waals surface area contributed by atoms with Crippen molar-refractivity contribution in [2.75, 3.05) is 43.4 Å². The second-order valence-corrected chi connectivity index (χ2v) is 10.2. The molecule has 0 radical (unpaired) electrons. The molecule has 0 amide bonds. The number of rotatable bonds is 9. The van der Waals surface area contributed by atoms with Crippen LogP contribution in [0.1, 0.15) is 5.56 Å². The van der Waals surface area contributed by atoms with E-state index < -0.39 is 7.82 Å². The van der Waals surface area contributed by atoms with Crippen LogP contribution in [0.15, 0.2) is 61.3 Å². The van der Waals surface area contributed by atoms with Crippen molar-refractivity contribution in [3.8, 4) is 17.0 Å². The number of phosphoric acid groups is 1. The molecule has 10 nitrogen and oxygen atoms in total. The summed E-state index contributed by atoms with van der Waals surface area (Å²) in [7, 11) is -2.77. The molecule has 4 rings (SSSR count). The van der Waals surface area contributed by atoms with Gasteiger partial charge in [-0.25, -0.2) is 14.5 Å². The first-order valence-electron chi connectivity index (χ1n) is 11.5. The van der Waals surface area contributed by atoms with Gasteiger partial charge in [0.1, 0.15) is 0 Å². The number of likely N-dealkylation sites (N-methyl/N-ethyl adjacent to an activating group) is 1. The fraction of sp³-hybridized carbons (Fsp3) is 0.240. The lowest BCUT2D eigenvalue weighted by Crippen LogP contribution is -2.44. The van der Waals surface area contributed by atoms with Gasteiger partial charge in [-0.3, -0.25) is 14.6 Å². The molecule has 37 heavy (non-hydrogen) atoms. The van der Waals surface area contributed by atoms with E-state index in [4.69, 9.17) is 16.1 Å². The molecule has 12 heteroatoms. The van der Waals surface area contributed by atoms with Crippen molar-refractivity contribution < 1.29 is 23.7 Å². The molecule has 194 valence electrons. The predicted octanol–water partition coefficient (Wildman–Crippen LogP) is 4.06. The number of benzene rings is 2. The molecule has 0 atom stereocenters. The molecule has 2 aromatic carbocycles. The summed E-state index contributed by atoms with van der Waals surface area (Å²) in [6.45, 7) is 6.54. The number of halogens is 1. The first kappa shape index (κ1) is 26.8. The van der Waals surface area contributed by atoms with E-state index in [-0.39, 0.29) is 23.9 Å². The van der Waals surface area contributed by atoms with Gasteiger partial charge in [0.05, 0.1) is 22.6 Å². The van der Waals surface area contributed by atoms with E-state index in [1.165, 1.54) is 18.3 Å². The van der Waals surface area contributed by atoms with E-state index in [2.05, 4.69) is 26.8 Å². The van der Waals surface area contributed by atoms with Gasteiger partial charge < -0.3 is 19.6 Å². The standard InChI is InChI=1S/C25H27ClN5O5P/c1-3-20(32)14-17-5-4-6-18(13-17)24-21(26)16-27-25(29-24)28-19-7-8-22(23(15-19)36-37(33,34)35)31-11-9-30(2)10-12-31/h3-8,13,15-16H,1,9-12,14H2,2H3,(H,27,28,29)(H2,33,34,35). The van der Waals surface area contributed by atoms with Gasteiger partial charge in [-0.15, -0.1) is 0 Å². The van der Waals surface area contributed by atoms with Crippen molar-refractivity contribution in [3.05, 3.63) is 71.9 Å². The summed E-state index contributed by atoms with van der Waals surface area (Å²) in [5.41, 5.74) is 3.03. The van der Waals surface area contributed by atoms with Gasteiger partial charge in [0.25, 0.3) is 0 Å². The normalized spacial score (nSPS) is 14.3. The van der Waals surface area contributed by atoms with Crippen molar-refractivity contribution in [2.24, 2.45) is 0 Å². The van der Waals surface area contributed by atoms with Gasteiger partial charge in [0.15, 0.2) is 11.5 Å². The molecule has 3 aromatic rings. The molecular weight excluding hydrogens is 517 g/mol. The van der Waals surface area contributed by atoms with Gasteiger partial charge in [-0.2, -0.15) is 0 Å². The van der Waals surface area contributed by atoms with Crippen LogP contribution >= 0.6 is 19.4 Å². The quantitative estimate of drug-likeness (QED) is 0.268. The minimum Gasteiger partial charge on any atom is -0.402 e. The topological polar surface area (TPSA) is 128 Å². The van der Waals surface area contributed by atoms with E-state index in [1.54, 1.807) is 12.1 Å². The van der Waals surface area contributed by atoms with E-state index in [0.29, 0.717) is 40.7 Å². The lowest BCUT2D eigenvalue weighted by molar-refractivity contribution is -0.114. The third-order valence-corrected chi connectivity index (χ3v) is 6.54. The summed E-state index contributed by atoms with van der Waals surface area (Å²) in [5.74, 6) is 0.180. The van der Waals surface area contributed by atoms with Gasteiger partial charge in [-0.1, -0.05) is 36.4 Å². The summed E-state index contributed by atoms with van der Waals surface area (Å²) in [4.78, 5) is 43.7. The molecule has 1 fully saturated rings. The molecule has 1 aliphatic heterocycles. The summed E-state index contributed by atoms with van der Waals surface area (Å²) >= 11 is 6.38. The number of carbonyl (C=O) groups excluding carboxylic acids is 1. The molecule has 1 aromatic heterocycles. The zero-order valence-corrected chi connectivity index (χ0v) is 21.8.